The summed E-state index contributed by atoms with van der Waals surface area (Å²) in [7, 11) is -3.76. The summed E-state index contributed by atoms with van der Waals surface area (Å²) in [6, 6.07) is 0. The van der Waals surface area contributed by atoms with Gasteiger partial charge in [0.25, 0.3) is 0 Å². The average molecular weight is 399 g/mol. The Morgan fingerprint density at radius 3 is 1.88 bits per heavy atom. The summed E-state index contributed by atoms with van der Waals surface area (Å²) in [6.45, 7) is 27.1. The van der Waals surface area contributed by atoms with E-state index < -0.39 is 16.6 Å². The summed E-state index contributed by atoms with van der Waals surface area (Å²) in [5, 5.41) is 9.78. The van der Waals surface area contributed by atoms with Gasteiger partial charge in [0.15, 0.2) is 16.6 Å². The molecule has 0 aromatic heterocycles. The highest BCUT2D eigenvalue weighted by Crippen LogP contribution is 2.43. The van der Waals surface area contributed by atoms with E-state index in [1.165, 1.54) is 0 Å². The van der Waals surface area contributed by atoms with Crippen molar-refractivity contribution < 1.29 is 14.0 Å². The van der Waals surface area contributed by atoms with Crippen LogP contribution in [0.25, 0.3) is 0 Å². The monoisotopic (exact) mass is 398 g/mol. The van der Waals surface area contributed by atoms with E-state index >= 15 is 0 Å². The van der Waals surface area contributed by atoms with Gasteiger partial charge in [0, 0.05) is 6.42 Å². The second kappa shape index (κ2) is 8.04. The zero-order chi connectivity index (χ0) is 20.6. The molecular weight excluding hydrogens is 356 g/mol. The minimum atomic E-state index is -1.91. The van der Waals surface area contributed by atoms with Crippen LogP contribution in [0.4, 0.5) is 0 Å². The van der Waals surface area contributed by atoms with Crippen molar-refractivity contribution in [2.45, 2.75) is 103 Å². The average Bonchev–Trinajstić information content (AvgIpc) is 2.40. The number of aliphatic hydroxyl groups is 1. The highest BCUT2D eigenvalue weighted by atomic mass is 28.4. The molecule has 0 aromatic rings. The van der Waals surface area contributed by atoms with Crippen LogP contribution in [0.5, 0.6) is 0 Å². The number of aliphatic hydroxyl groups excluding tert-OH is 1. The van der Waals surface area contributed by atoms with Crippen LogP contribution in [0.2, 0.25) is 36.3 Å². The first-order valence-electron chi connectivity index (χ1n) is 9.86. The van der Waals surface area contributed by atoms with Crippen LogP contribution < -0.4 is 0 Å². The lowest BCUT2D eigenvalue weighted by Gasteiger charge is -2.45. The molecule has 0 saturated heterocycles. The second-order valence-corrected chi connectivity index (χ2v) is 20.3. The molecule has 0 bridgehead atoms. The smallest absolute Gasteiger partial charge is 0.192 e. The highest BCUT2D eigenvalue weighted by molar-refractivity contribution is 6.74. The lowest BCUT2D eigenvalue weighted by molar-refractivity contribution is 0.0967. The maximum Gasteiger partial charge on any atom is 0.192 e. The molecule has 1 aliphatic rings. The minimum Gasteiger partial charge on any atom is -0.413 e. The Kier molecular flexibility index (Phi) is 7.37. The molecule has 1 fully saturated rings. The Hall–Kier alpha value is -0.206. The SMILES string of the molecule is C=C1C(=CCO)C[C@@H](O[Si](C)(C)C(C)(C)C)C[C@@H]1O[Si](C)(C)C(C)(C)C. The summed E-state index contributed by atoms with van der Waals surface area (Å²) in [5.41, 5.74) is 2.13. The van der Waals surface area contributed by atoms with Gasteiger partial charge in [0.05, 0.1) is 18.8 Å². The normalized spacial score (nSPS) is 25.0. The summed E-state index contributed by atoms with van der Waals surface area (Å²) >= 11 is 0. The molecule has 0 heterocycles. The molecule has 1 N–H and O–H groups in total. The fourth-order valence-electron chi connectivity index (χ4n) is 2.71. The maximum atomic E-state index is 9.45. The van der Waals surface area contributed by atoms with Crippen LogP contribution in [-0.2, 0) is 8.85 Å². The van der Waals surface area contributed by atoms with Crippen LogP contribution >= 0.6 is 0 Å². The van der Waals surface area contributed by atoms with Crippen LogP contribution in [0, 0.1) is 0 Å². The fourth-order valence-corrected chi connectivity index (χ4v) is 5.38. The summed E-state index contributed by atoms with van der Waals surface area (Å²) in [6.07, 6.45) is 3.68. The molecule has 0 amide bonds. The van der Waals surface area contributed by atoms with E-state index in [4.69, 9.17) is 8.85 Å². The lowest BCUT2D eigenvalue weighted by atomic mass is 9.86. The largest absolute Gasteiger partial charge is 0.413 e. The van der Waals surface area contributed by atoms with Gasteiger partial charge in [-0.05, 0) is 53.8 Å². The third-order valence-electron chi connectivity index (χ3n) is 6.57. The summed E-state index contributed by atoms with van der Waals surface area (Å²) in [5.74, 6) is 0. The van der Waals surface area contributed by atoms with Gasteiger partial charge < -0.3 is 14.0 Å². The van der Waals surface area contributed by atoms with Gasteiger partial charge in [-0.2, -0.15) is 0 Å². The van der Waals surface area contributed by atoms with E-state index in [-0.39, 0.29) is 28.9 Å². The van der Waals surface area contributed by atoms with E-state index in [1.54, 1.807) is 0 Å². The molecule has 26 heavy (non-hydrogen) atoms. The first kappa shape index (κ1) is 23.8. The molecular formula is C21H42O3Si2. The fraction of sp³-hybridized carbons (Fsp3) is 0.810. The molecule has 152 valence electrons. The van der Waals surface area contributed by atoms with Gasteiger partial charge in [-0.15, -0.1) is 0 Å². The van der Waals surface area contributed by atoms with Crippen LogP contribution in [0.1, 0.15) is 54.4 Å². The van der Waals surface area contributed by atoms with Crippen molar-refractivity contribution in [3.05, 3.63) is 23.8 Å². The molecule has 1 rings (SSSR count). The van der Waals surface area contributed by atoms with E-state index in [2.05, 4.69) is 74.3 Å². The van der Waals surface area contributed by atoms with Crippen molar-refractivity contribution in [1.82, 2.24) is 0 Å². The van der Waals surface area contributed by atoms with E-state index in [9.17, 15) is 5.11 Å². The Bertz CT molecular complexity index is 536. The van der Waals surface area contributed by atoms with Gasteiger partial charge in [-0.25, -0.2) is 0 Å². The third kappa shape index (κ3) is 5.65. The van der Waals surface area contributed by atoms with Crippen LogP contribution in [0.3, 0.4) is 0 Å². The van der Waals surface area contributed by atoms with Crippen molar-refractivity contribution in [2.75, 3.05) is 6.61 Å². The van der Waals surface area contributed by atoms with Crippen molar-refractivity contribution in [1.29, 1.82) is 0 Å². The van der Waals surface area contributed by atoms with Crippen molar-refractivity contribution in [2.24, 2.45) is 0 Å². The van der Waals surface area contributed by atoms with Crippen LogP contribution in [0.15, 0.2) is 23.8 Å². The molecule has 1 saturated carbocycles. The standard InChI is InChI=1S/C21H42O3Si2/c1-16-17(12-13-22)14-18(23-25(8,9)20(2,3)4)15-19(16)24-26(10,11)21(5,6)7/h12,18-19,22H,1,13-15H2,2-11H3/t18-,19+/m1/s1. The molecule has 0 aliphatic heterocycles. The Morgan fingerprint density at radius 1 is 1.00 bits per heavy atom. The molecule has 0 radical (unpaired) electrons. The predicted molar refractivity (Wildman–Crippen MR) is 118 cm³/mol. The lowest BCUT2D eigenvalue weighted by Crippen LogP contribution is -2.49. The summed E-state index contributed by atoms with van der Waals surface area (Å²) in [4.78, 5) is 0. The second-order valence-electron chi connectivity index (χ2n) is 10.7. The van der Waals surface area contributed by atoms with Gasteiger partial charge in [0.1, 0.15) is 0 Å². The topological polar surface area (TPSA) is 38.7 Å². The zero-order valence-electron chi connectivity index (χ0n) is 18.8. The highest BCUT2D eigenvalue weighted by Gasteiger charge is 2.44. The number of hydrogen-bond donors (Lipinski definition) is 1. The molecule has 0 spiro atoms. The maximum absolute atomic E-state index is 9.45. The molecule has 1 aliphatic carbocycles. The number of rotatable bonds is 5. The molecule has 2 atom stereocenters. The molecule has 5 heteroatoms. The van der Waals surface area contributed by atoms with Gasteiger partial charge >= 0.3 is 0 Å². The van der Waals surface area contributed by atoms with E-state index in [0.29, 0.717) is 0 Å². The van der Waals surface area contributed by atoms with Crippen LogP contribution in [-0.4, -0.2) is 40.6 Å². The quantitative estimate of drug-likeness (QED) is 0.574. The Labute approximate surface area is 164 Å². The molecule has 3 nitrogen and oxygen atoms in total. The zero-order valence-corrected chi connectivity index (χ0v) is 20.8. The van der Waals surface area contributed by atoms with Crippen molar-refractivity contribution >= 4 is 16.6 Å². The first-order valence-corrected chi connectivity index (χ1v) is 15.7. The Morgan fingerprint density at radius 2 is 1.46 bits per heavy atom. The summed E-state index contributed by atoms with van der Waals surface area (Å²) < 4.78 is 13.4. The number of hydrogen-bond acceptors (Lipinski definition) is 3. The van der Waals surface area contributed by atoms with Gasteiger partial charge in [-0.3, -0.25) is 0 Å². The van der Waals surface area contributed by atoms with Gasteiger partial charge in [0.2, 0.25) is 0 Å². The van der Waals surface area contributed by atoms with E-state index in [0.717, 1.165) is 24.0 Å². The molecule has 0 aromatic carbocycles. The Balaban J connectivity index is 3.08. The van der Waals surface area contributed by atoms with E-state index in [1.807, 2.05) is 6.08 Å². The molecule has 0 unspecified atom stereocenters. The predicted octanol–water partition coefficient (Wildman–Crippen LogP) is 6.04. The van der Waals surface area contributed by atoms with Crippen molar-refractivity contribution in [3.63, 3.8) is 0 Å². The third-order valence-corrected chi connectivity index (χ3v) is 15.6. The first-order chi connectivity index (χ1) is 11.5. The van der Waals surface area contributed by atoms with Gasteiger partial charge in [-0.1, -0.05) is 54.2 Å². The minimum absolute atomic E-state index is 0.0165. The van der Waals surface area contributed by atoms with Crippen molar-refractivity contribution in [3.8, 4) is 0 Å².